The number of carbonyl (C=O) groups excluding carboxylic acids is 1. The first-order valence-corrected chi connectivity index (χ1v) is 7.34. The molecule has 1 heterocycles. The van der Waals surface area contributed by atoms with Crippen LogP contribution in [0.3, 0.4) is 0 Å². The molecule has 0 bridgehead atoms. The highest BCUT2D eigenvalue weighted by Gasteiger charge is 2.42. The molecule has 1 aliphatic rings. The molecule has 8 heteroatoms. The molecule has 3 unspecified atom stereocenters. The fourth-order valence-corrected chi connectivity index (χ4v) is 2.94. The summed E-state index contributed by atoms with van der Waals surface area (Å²) in [5.74, 6) is -1.64. The number of nitrogens with one attached hydrogen (secondary N) is 2. The van der Waals surface area contributed by atoms with Gasteiger partial charge in [0.05, 0.1) is 12.1 Å². The molecule has 0 saturated heterocycles. The van der Waals surface area contributed by atoms with Crippen molar-refractivity contribution in [2.45, 2.75) is 43.9 Å². The molecule has 3 atom stereocenters. The zero-order valence-corrected chi connectivity index (χ0v) is 12.7. The van der Waals surface area contributed by atoms with Crippen molar-refractivity contribution >= 4 is 5.91 Å². The van der Waals surface area contributed by atoms with Gasteiger partial charge in [0.25, 0.3) is 0 Å². The van der Waals surface area contributed by atoms with Crippen molar-refractivity contribution in [2.24, 2.45) is 13.0 Å². The third-order valence-electron chi connectivity index (χ3n) is 4.09. The van der Waals surface area contributed by atoms with E-state index in [1.165, 1.54) is 0 Å². The fourth-order valence-electron chi connectivity index (χ4n) is 2.94. The lowest BCUT2D eigenvalue weighted by Crippen LogP contribution is -2.45. The molecule has 0 aromatic carbocycles. The first-order chi connectivity index (χ1) is 10.3. The minimum absolute atomic E-state index is 0.0429. The van der Waals surface area contributed by atoms with Gasteiger partial charge in [-0.2, -0.15) is 18.3 Å². The van der Waals surface area contributed by atoms with E-state index in [-0.39, 0.29) is 18.7 Å². The third kappa shape index (κ3) is 4.00. The minimum Gasteiger partial charge on any atom is -0.352 e. The molecule has 0 aliphatic heterocycles. The minimum atomic E-state index is -4.19. The number of hydrogen-bond donors (Lipinski definition) is 2. The molecular formula is C14H21F3N4O. The maximum Gasteiger partial charge on any atom is 0.391 e. The van der Waals surface area contributed by atoms with E-state index in [0.717, 1.165) is 0 Å². The molecule has 0 radical (unpaired) electrons. The van der Waals surface area contributed by atoms with Crippen molar-refractivity contribution < 1.29 is 18.0 Å². The topological polar surface area (TPSA) is 59.0 Å². The van der Waals surface area contributed by atoms with Crippen molar-refractivity contribution in [2.75, 3.05) is 7.05 Å². The first kappa shape index (κ1) is 16.8. The Labute approximate surface area is 127 Å². The SMILES string of the molecule is CNC(C(=O)NC1CCCC(C(F)(F)F)C1)c1cnn(C)c1. The van der Waals surface area contributed by atoms with Crippen molar-refractivity contribution in [1.29, 1.82) is 0 Å². The monoisotopic (exact) mass is 318 g/mol. The van der Waals surface area contributed by atoms with Crippen LogP contribution in [0.2, 0.25) is 0 Å². The molecule has 1 aromatic heterocycles. The average Bonchev–Trinajstić information content (AvgIpc) is 2.85. The fraction of sp³-hybridized carbons (Fsp3) is 0.714. The number of amides is 1. The zero-order chi connectivity index (χ0) is 16.3. The summed E-state index contributed by atoms with van der Waals surface area (Å²) in [5, 5.41) is 9.62. The van der Waals surface area contributed by atoms with Gasteiger partial charge in [0, 0.05) is 24.8 Å². The number of halogens is 3. The van der Waals surface area contributed by atoms with Crippen LogP contribution < -0.4 is 10.6 Å². The van der Waals surface area contributed by atoms with E-state index in [1.807, 2.05) is 0 Å². The molecule has 1 amide bonds. The summed E-state index contributed by atoms with van der Waals surface area (Å²) in [6.07, 6.45) is 0.260. The molecular weight excluding hydrogens is 297 g/mol. The van der Waals surface area contributed by atoms with Gasteiger partial charge in [-0.3, -0.25) is 9.48 Å². The second-order valence-corrected chi connectivity index (χ2v) is 5.78. The van der Waals surface area contributed by atoms with Gasteiger partial charge in [-0.1, -0.05) is 6.42 Å². The summed E-state index contributed by atoms with van der Waals surface area (Å²) in [6.45, 7) is 0. The molecule has 2 N–H and O–H groups in total. The molecule has 1 fully saturated rings. The number of aromatic nitrogens is 2. The molecule has 2 rings (SSSR count). The summed E-state index contributed by atoms with van der Waals surface area (Å²) in [6, 6.07) is -1.04. The number of nitrogens with zero attached hydrogens (tertiary/aromatic N) is 2. The molecule has 1 aromatic rings. The number of aryl methyl sites for hydroxylation is 1. The van der Waals surface area contributed by atoms with Gasteiger partial charge in [-0.15, -0.1) is 0 Å². The number of hydrogen-bond acceptors (Lipinski definition) is 3. The van der Waals surface area contributed by atoms with E-state index >= 15 is 0 Å². The van der Waals surface area contributed by atoms with Crippen LogP contribution >= 0.6 is 0 Å². The zero-order valence-electron chi connectivity index (χ0n) is 12.7. The van der Waals surface area contributed by atoms with Gasteiger partial charge in [0.2, 0.25) is 5.91 Å². The highest BCUT2D eigenvalue weighted by molar-refractivity contribution is 5.83. The van der Waals surface area contributed by atoms with E-state index in [1.54, 1.807) is 31.2 Å². The average molecular weight is 318 g/mol. The lowest BCUT2D eigenvalue weighted by Gasteiger charge is -2.31. The van der Waals surface area contributed by atoms with Gasteiger partial charge in [0.1, 0.15) is 6.04 Å². The highest BCUT2D eigenvalue weighted by atomic mass is 19.4. The van der Waals surface area contributed by atoms with E-state index in [2.05, 4.69) is 15.7 Å². The Balaban J connectivity index is 1.98. The standard InChI is InChI=1S/C14H21F3N4O/c1-18-12(9-7-19-21(2)8-9)13(22)20-11-5-3-4-10(6-11)14(15,16)17/h7-8,10-12,18H,3-6H2,1-2H3,(H,20,22). The molecule has 5 nitrogen and oxygen atoms in total. The van der Waals surface area contributed by atoms with Gasteiger partial charge in [-0.25, -0.2) is 0 Å². The second-order valence-electron chi connectivity index (χ2n) is 5.78. The van der Waals surface area contributed by atoms with Gasteiger partial charge in [0.15, 0.2) is 0 Å². The number of likely N-dealkylation sites (N-methyl/N-ethyl adjacent to an activating group) is 1. The Bertz CT molecular complexity index is 514. The quantitative estimate of drug-likeness (QED) is 0.892. The van der Waals surface area contributed by atoms with Crippen molar-refractivity contribution in [3.63, 3.8) is 0 Å². The Kier molecular flexibility index (Phi) is 5.10. The molecule has 1 aliphatic carbocycles. The smallest absolute Gasteiger partial charge is 0.352 e. The number of carbonyl (C=O) groups is 1. The van der Waals surface area contributed by atoms with Crippen molar-refractivity contribution in [3.8, 4) is 0 Å². The lowest BCUT2D eigenvalue weighted by molar-refractivity contribution is -0.184. The summed E-state index contributed by atoms with van der Waals surface area (Å²) in [5.41, 5.74) is 0.686. The van der Waals surface area contributed by atoms with E-state index in [0.29, 0.717) is 18.4 Å². The van der Waals surface area contributed by atoms with Gasteiger partial charge < -0.3 is 10.6 Å². The predicted molar refractivity (Wildman–Crippen MR) is 75.0 cm³/mol. The summed E-state index contributed by atoms with van der Waals surface area (Å²) < 4.78 is 40.0. The number of alkyl halides is 3. The maximum atomic E-state index is 12.8. The van der Waals surface area contributed by atoms with Crippen LogP contribution in [0, 0.1) is 5.92 Å². The van der Waals surface area contributed by atoms with E-state index < -0.39 is 24.2 Å². The van der Waals surface area contributed by atoms with E-state index in [9.17, 15) is 18.0 Å². The second kappa shape index (κ2) is 6.68. The first-order valence-electron chi connectivity index (χ1n) is 7.34. The molecule has 124 valence electrons. The third-order valence-corrected chi connectivity index (χ3v) is 4.09. The molecule has 1 saturated carbocycles. The number of rotatable bonds is 4. The van der Waals surface area contributed by atoms with Crippen LogP contribution in [0.25, 0.3) is 0 Å². The molecule has 22 heavy (non-hydrogen) atoms. The van der Waals surface area contributed by atoms with Crippen LogP contribution in [0.15, 0.2) is 12.4 Å². The lowest BCUT2D eigenvalue weighted by atomic mass is 9.85. The van der Waals surface area contributed by atoms with Crippen LogP contribution in [0.1, 0.15) is 37.3 Å². The van der Waals surface area contributed by atoms with Crippen LogP contribution in [-0.4, -0.2) is 35.0 Å². The Morgan fingerprint density at radius 3 is 2.73 bits per heavy atom. The summed E-state index contributed by atoms with van der Waals surface area (Å²) >= 11 is 0. The highest BCUT2D eigenvalue weighted by Crippen LogP contribution is 2.37. The summed E-state index contributed by atoms with van der Waals surface area (Å²) in [7, 11) is 3.37. The van der Waals surface area contributed by atoms with Crippen molar-refractivity contribution in [3.05, 3.63) is 18.0 Å². The molecule has 0 spiro atoms. The predicted octanol–water partition coefficient (Wildman–Crippen LogP) is 1.92. The normalized spacial score (nSPS) is 24.0. The van der Waals surface area contributed by atoms with Gasteiger partial charge in [-0.05, 0) is 26.3 Å². The summed E-state index contributed by atoms with van der Waals surface area (Å²) in [4.78, 5) is 12.3. The Morgan fingerprint density at radius 2 is 2.18 bits per heavy atom. The Hall–Kier alpha value is -1.57. The maximum absolute atomic E-state index is 12.8. The van der Waals surface area contributed by atoms with Crippen molar-refractivity contribution in [1.82, 2.24) is 20.4 Å². The van der Waals surface area contributed by atoms with E-state index in [4.69, 9.17) is 0 Å². The van der Waals surface area contributed by atoms with Gasteiger partial charge >= 0.3 is 6.18 Å². The van der Waals surface area contributed by atoms with Crippen LogP contribution in [0.5, 0.6) is 0 Å². The largest absolute Gasteiger partial charge is 0.391 e. The van der Waals surface area contributed by atoms with Crippen LogP contribution in [0.4, 0.5) is 13.2 Å². The van der Waals surface area contributed by atoms with Crippen LogP contribution in [-0.2, 0) is 11.8 Å². The Morgan fingerprint density at radius 1 is 1.45 bits per heavy atom.